The monoisotopic (exact) mass is 366 g/mol. The van der Waals surface area contributed by atoms with E-state index < -0.39 is 0 Å². The molecule has 0 unspecified atom stereocenters. The van der Waals surface area contributed by atoms with Gasteiger partial charge in [0.15, 0.2) is 5.82 Å². The van der Waals surface area contributed by atoms with Crippen LogP contribution in [-0.2, 0) is 0 Å². The van der Waals surface area contributed by atoms with Crippen LogP contribution in [0.1, 0.15) is 12.5 Å². The van der Waals surface area contributed by atoms with E-state index >= 15 is 0 Å². The fourth-order valence-corrected chi connectivity index (χ4v) is 3.75. The van der Waals surface area contributed by atoms with Gasteiger partial charge in [0.05, 0.1) is 25.2 Å². The van der Waals surface area contributed by atoms with Gasteiger partial charge in [0.25, 0.3) is 0 Å². The summed E-state index contributed by atoms with van der Waals surface area (Å²) in [6.07, 6.45) is 0. The summed E-state index contributed by atoms with van der Waals surface area (Å²) in [4.78, 5) is 0. The molecule has 132 valence electrons. The fraction of sp³-hybridized carbons (Fsp3) is 0.211. The third-order valence-electron chi connectivity index (χ3n) is 4.20. The van der Waals surface area contributed by atoms with E-state index in [4.69, 9.17) is 14.6 Å². The van der Waals surface area contributed by atoms with Crippen molar-refractivity contribution in [1.82, 2.24) is 14.9 Å². The number of ether oxygens (including phenoxy) is 2. The van der Waals surface area contributed by atoms with Gasteiger partial charge in [-0.2, -0.15) is 9.78 Å². The molecule has 26 heavy (non-hydrogen) atoms. The first-order chi connectivity index (χ1) is 12.7. The molecule has 0 fully saturated rings. The third kappa shape index (κ3) is 2.94. The summed E-state index contributed by atoms with van der Waals surface area (Å²) in [6, 6.07) is 15.7. The van der Waals surface area contributed by atoms with Crippen LogP contribution in [0.15, 0.2) is 58.8 Å². The highest BCUT2D eigenvalue weighted by atomic mass is 32.2. The molecule has 3 aromatic rings. The van der Waals surface area contributed by atoms with Crippen molar-refractivity contribution in [2.24, 2.45) is 5.10 Å². The molecule has 1 aliphatic rings. The maximum atomic E-state index is 5.32. The average molecular weight is 366 g/mol. The molecule has 2 heterocycles. The van der Waals surface area contributed by atoms with E-state index in [9.17, 15) is 0 Å². The number of nitrogens with zero attached hydrogens (tertiary/aromatic N) is 4. The van der Waals surface area contributed by atoms with Crippen LogP contribution in [0.25, 0.3) is 11.4 Å². The van der Waals surface area contributed by atoms with Crippen LogP contribution in [0, 0.1) is 0 Å². The molecule has 7 heteroatoms. The fourth-order valence-electron chi connectivity index (χ4n) is 2.83. The molecule has 6 nitrogen and oxygen atoms in total. The molecular weight excluding hydrogens is 348 g/mol. The van der Waals surface area contributed by atoms with Gasteiger partial charge < -0.3 is 9.47 Å². The molecule has 0 aliphatic carbocycles. The van der Waals surface area contributed by atoms with Crippen LogP contribution in [0.3, 0.4) is 0 Å². The molecule has 2 aromatic carbocycles. The third-order valence-corrected chi connectivity index (χ3v) is 5.24. The largest absolute Gasteiger partial charge is 0.497 e. The van der Waals surface area contributed by atoms with Crippen LogP contribution in [-0.4, -0.2) is 40.1 Å². The summed E-state index contributed by atoms with van der Waals surface area (Å²) in [5, 5.41) is 14.5. The van der Waals surface area contributed by atoms with E-state index in [1.165, 1.54) is 0 Å². The highest BCUT2D eigenvalue weighted by molar-refractivity contribution is 8.00. The molecule has 1 aliphatic heterocycles. The summed E-state index contributed by atoms with van der Waals surface area (Å²) in [7, 11) is 3.31. The first kappa shape index (κ1) is 16.7. The molecule has 0 bridgehead atoms. The number of hydrogen-bond acceptors (Lipinski definition) is 6. The Labute approximate surface area is 155 Å². The Hall–Kier alpha value is -2.80. The number of hydrogen-bond donors (Lipinski definition) is 0. The molecule has 4 rings (SSSR count). The number of methoxy groups -OCH3 is 2. The molecule has 0 amide bonds. The van der Waals surface area contributed by atoms with Gasteiger partial charge >= 0.3 is 0 Å². The van der Waals surface area contributed by atoms with Crippen molar-refractivity contribution in [3.63, 3.8) is 0 Å². The van der Waals surface area contributed by atoms with E-state index in [0.29, 0.717) is 5.82 Å². The highest BCUT2D eigenvalue weighted by Gasteiger charge is 2.26. The Morgan fingerprint density at radius 1 is 0.923 bits per heavy atom. The summed E-state index contributed by atoms with van der Waals surface area (Å²) >= 11 is 1.65. The number of benzene rings is 2. The number of fused-ring (bicyclic) bond motifs is 1. The van der Waals surface area contributed by atoms with E-state index in [1.54, 1.807) is 30.7 Å². The summed E-state index contributed by atoms with van der Waals surface area (Å²) in [5.41, 5.74) is 2.95. The lowest BCUT2D eigenvalue weighted by Gasteiger charge is -2.20. The Balaban J connectivity index is 1.78. The Bertz CT molecular complexity index is 966. The first-order valence-corrected chi connectivity index (χ1v) is 9.07. The highest BCUT2D eigenvalue weighted by Crippen LogP contribution is 2.33. The smallest absolute Gasteiger partial charge is 0.213 e. The molecule has 0 saturated carbocycles. The summed E-state index contributed by atoms with van der Waals surface area (Å²) < 4.78 is 12.4. The predicted molar refractivity (Wildman–Crippen MR) is 102 cm³/mol. The van der Waals surface area contributed by atoms with Gasteiger partial charge in [-0.25, -0.2) is 0 Å². The predicted octanol–water partition coefficient (Wildman–Crippen LogP) is 3.71. The Morgan fingerprint density at radius 2 is 1.69 bits per heavy atom. The minimum Gasteiger partial charge on any atom is -0.497 e. The summed E-state index contributed by atoms with van der Waals surface area (Å²) in [5.74, 6) is 2.30. The molecule has 1 aromatic heterocycles. The van der Waals surface area contributed by atoms with Crippen LogP contribution in [0.4, 0.5) is 0 Å². The Morgan fingerprint density at radius 3 is 2.42 bits per heavy atom. The SMILES string of the molecule is COc1ccc(C2=Nn3c(nnc3-c3cccc(OC)c3)S[C@@H]2C)cc1. The summed E-state index contributed by atoms with van der Waals surface area (Å²) in [6.45, 7) is 2.12. The van der Waals surface area contributed by atoms with Gasteiger partial charge in [-0.15, -0.1) is 10.2 Å². The zero-order valence-corrected chi connectivity index (χ0v) is 15.5. The van der Waals surface area contributed by atoms with Gasteiger partial charge in [0.1, 0.15) is 11.5 Å². The molecule has 0 saturated heterocycles. The lowest BCUT2D eigenvalue weighted by atomic mass is 10.1. The minimum absolute atomic E-state index is 0.179. The van der Waals surface area contributed by atoms with Gasteiger partial charge in [-0.05, 0) is 48.9 Å². The molecule has 1 atom stereocenters. The van der Waals surface area contributed by atoms with Crippen LogP contribution in [0.5, 0.6) is 11.5 Å². The molecular formula is C19H18N4O2S. The lowest BCUT2D eigenvalue weighted by molar-refractivity contribution is 0.414. The second-order valence-electron chi connectivity index (χ2n) is 5.82. The van der Waals surface area contributed by atoms with E-state index in [0.717, 1.165) is 33.5 Å². The maximum absolute atomic E-state index is 5.32. The van der Waals surface area contributed by atoms with Crippen molar-refractivity contribution in [1.29, 1.82) is 0 Å². The van der Waals surface area contributed by atoms with Crippen LogP contribution in [0.2, 0.25) is 0 Å². The number of thioether (sulfide) groups is 1. The molecule has 0 N–H and O–H groups in total. The van der Waals surface area contributed by atoms with Crippen molar-refractivity contribution in [2.75, 3.05) is 14.2 Å². The van der Waals surface area contributed by atoms with Crippen LogP contribution < -0.4 is 9.47 Å². The van der Waals surface area contributed by atoms with Crippen molar-refractivity contribution < 1.29 is 9.47 Å². The lowest BCUT2D eigenvalue weighted by Crippen LogP contribution is -2.21. The minimum atomic E-state index is 0.179. The normalized spacial score (nSPS) is 16.0. The maximum Gasteiger partial charge on any atom is 0.213 e. The van der Waals surface area contributed by atoms with Gasteiger partial charge in [-0.1, -0.05) is 23.9 Å². The number of aromatic nitrogens is 3. The van der Waals surface area contributed by atoms with Crippen molar-refractivity contribution in [2.45, 2.75) is 17.3 Å². The zero-order valence-electron chi connectivity index (χ0n) is 14.7. The van der Waals surface area contributed by atoms with E-state index in [2.05, 4.69) is 17.1 Å². The topological polar surface area (TPSA) is 61.5 Å². The van der Waals surface area contributed by atoms with Crippen LogP contribution >= 0.6 is 11.8 Å². The van der Waals surface area contributed by atoms with E-state index in [-0.39, 0.29) is 5.25 Å². The second-order valence-corrected chi connectivity index (χ2v) is 7.13. The average Bonchev–Trinajstić information content (AvgIpc) is 3.10. The van der Waals surface area contributed by atoms with Crippen molar-refractivity contribution in [3.05, 3.63) is 54.1 Å². The zero-order chi connectivity index (χ0) is 18.1. The van der Waals surface area contributed by atoms with Gasteiger partial charge in [0.2, 0.25) is 5.16 Å². The van der Waals surface area contributed by atoms with Gasteiger partial charge in [0, 0.05) is 5.56 Å². The quantitative estimate of drug-likeness (QED) is 0.704. The van der Waals surface area contributed by atoms with Crippen molar-refractivity contribution in [3.8, 4) is 22.9 Å². The second kappa shape index (κ2) is 6.84. The standard InChI is InChI=1S/C19H18N4O2S/c1-12-17(13-7-9-15(24-2)10-8-13)22-23-18(20-21-19(23)26-12)14-5-4-6-16(11-14)25-3/h4-12H,1-3H3/t12-/m1/s1. The molecule has 0 radical (unpaired) electrons. The number of rotatable bonds is 4. The van der Waals surface area contributed by atoms with Gasteiger partial charge in [-0.3, -0.25) is 0 Å². The molecule has 0 spiro atoms. The van der Waals surface area contributed by atoms with Crippen molar-refractivity contribution >= 4 is 17.5 Å². The van der Waals surface area contributed by atoms with E-state index in [1.807, 2.05) is 48.5 Å². The Kier molecular flexibility index (Phi) is 4.38. The first-order valence-electron chi connectivity index (χ1n) is 8.19.